The van der Waals surface area contributed by atoms with Crippen LogP contribution in [0.5, 0.6) is 0 Å². The highest BCUT2D eigenvalue weighted by molar-refractivity contribution is 6.06. The Hall–Kier alpha value is -2.99. The molecule has 3 aliphatic rings. The molecule has 1 aliphatic carbocycles. The smallest absolute Gasteiger partial charge is 0.256 e. The van der Waals surface area contributed by atoms with Crippen LogP contribution in [0.4, 0.5) is 0 Å². The van der Waals surface area contributed by atoms with Gasteiger partial charge in [0, 0.05) is 18.0 Å². The second kappa shape index (κ2) is 6.07. The molecule has 1 aromatic carbocycles. The number of hydrogen-bond acceptors (Lipinski definition) is 5. The number of aliphatic hydroxyl groups excluding tert-OH is 1. The Kier molecular flexibility index (Phi) is 3.85. The molecule has 4 rings (SSSR count). The van der Waals surface area contributed by atoms with E-state index in [1.807, 2.05) is 37.4 Å². The van der Waals surface area contributed by atoms with E-state index in [1.54, 1.807) is 35.4 Å². The van der Waals surface area contributed by atoms with Crippen molar-refractivity contribution in [1.82, 2.24) is 9.80 Å². The minimum atomic E-state index is -0.982. The van der Waals surface area contributed by atoms with Crippen LogP contribution in [0.25, 0.3) is 0 Å². The SMILES string of the molecule is CC1(C2c3ccccc3C(=O)N2CO)C=CC=C(N2C=CC=NC2)C1=O. The minimum absolute atomic E-state index is 0.102. The molecule has 0 radical (unpaired) electrons. The molecule has 0 spiro atoms. The average Bonchev–Trinajstić information content (AvgIpc) is 2.97. The number of carbonyl (C=O) groups excluding carboxylic acids is 2. The molecule has 2 aliphatic heterocycles. The number of aliphatic hydroxyl groups is 1. The van der Waals surface area contributed by atoms with Gasteiger partial charge in [-0.15, -0.1) is 0 Å². The maximum atomic E-state index is 13.4. The highest BCUT2D eigenvalue weighted by atomic mass is 16.3. The number of ketones is 1. The first-order chi connectivity index (χ1) is 12.6. The monoisotopic (exact) mass is 349 g/mol. The van der Waals surface area contributed by atoms with Gasteiger partial charge in [0.05, 0.1) is 17.2 Å². The lowest BCUT2D eigenvalue weighted by Crippen LogP contribution is -2.45. The fraction of sp³-hybridized carbons (Fsp3) is 0.250. The van der Waals surface area contributed by atoms with Gasteiger partial charge < -0.3 is 14.9 Å². The summed E-state index contributed by atoms with van der Waals surface area (Å²) in [6.45, 7) is 1.75. The minimum Gasteiger partial charge on any atom is -0.376 e. The van der Waals surface area contributed by atoms with Crippen LogP contribution in [0.1, 0.15) is 28.9 Å². The van der Waals surface area contributed by atoms with E-state index in [1.165, 1.54) is 4.90 Å². The van der Waals surface area contributed by atoms with Gasteiger partial charge in [-0.05, 0) is 30.7 Å². The van der Waals surface area contributed by atoms with Gasteiger partial charge in [-0.1, -0.05) is 30.4 Å². The van der Waals surface area contributed by atoms with Crippen LogP contribution in [0.2, 0.25) is 0 Å². The number of rotatable bonds is 3. The lowest BCUT2D eigenvalue weighted by molar-refractivity contribution is -0.126. The number of Topliss-reactive ketones (excluding diaryl/α,β-unsaturated/α-hetero) is 1. The molecule has 26 heavy (non-hydrogen) atoms. The summed E-state index contributed by atoms with van der Waals surface area (Å²) in [5, 5.41) is 9.84. The molecule has 2 unspecified atom stereocenters. The molecule has 0 fully saturated rings. The van der Waals surface area contributed by atoms with Gasteiger partial charge in [-0.2, -0.15) is 0 Å². The number of amides is 1. The standard InChI is InChI=1S/C20H19N3O3/c1-20(9-4-8-16(18(20)25)22-11-5-10-21-12-22)17-14-6-2-3-7-15(14)19(26)23(17)13-24/h2-11,17,24H,12-13H2,1H3. The normalized spacial score (nSPS) is 27.2. The largest absolute Gasteiger partial charge is 0.376 e. The van der Waals surface area contributed by atoms with Crippen molar-refractivity contribution >= 4 is 17.9 Å². The van der Waals surface area contributed by atoms with E-state index in [0.717, 1.165) is 5.56 Å². The molecule has 1 N–H and O–H groups in total. The highest BCUT2D eigenvalue weighted by Gasteiger charge is 2.51. The Morgan fingerprint density at radius 3 is 2.81 bits per heavy atom. The molecule has 2 atom stereocenters. The Bertz CT molecular complexity index is 899. The third kappa shape index (κ3) is 2.26. The summed E-state index contributed by atoms with van der Waals surface area (Å²) in [4.78, 5) is 33.5. The number of hydrogen-bond donors (Lipinski definition) is 1. The second-order valence-electron chi connectivity index (χ2n) is 6.71. The predicted octanol–water partition coefficient (Wildman–Crippen LogP) is 2.02. The van der Waals surface area contributed by atoms with Crippen LogP contribution in [-0.4, -0.2) is 46.2 Å². The van der Waals surface area contributed by atoms with E-state index >= 15 is 0 Å². The molecule has 0 saturated carbocycles. The van der Waals surface area contributed by atoms with Crippen molar-refractivity contribution in [2.24, 2.45) is 10.4 Å². The Balaban J connectivity index is 1.77. The summed E-state index contributed by atoms with van der Waals surface area (Å²) >= 11 is 0. The molecular formula is C20H19N3O3. The quantitative estimate of drug-likeness (QED) is 0.906. The Morgan fingerprint density at radius 2 is 2.08 bits per heavy atom. The van der Waals surface area contributed by atoms with Crippen LogP contribution in [0.3, 0.4) is 0 Å². The summed E-state index contributed by atoms with van der Waals surface area (Å²) in [6, 6.07) is 6.67. The molecular weight excluding hydrogens is 330 g/mol. The number of allylic oxidation sites excluding steroid dienone is 4. The average molecular weight is 349 g/mol. The van der Waals surface area contributed by atoms with Gasteiger partial charge >= 0.3 is 0 Å². The predicted molar refractivity (Wildman–Crippen MR) is 97.1 cm³/mol. The lowest BCUT2D eigenvalue weighted by Gasteiger charge is -2.40. The number of nitrogens with zero attached hydrogens (tertiary/aromatic N) is 3. The summed E-state index contributed by atoms with van der Waals surface area (Å²) in [5.41, 5.74) is 0.843. The molecule has 1 aromatic rings. The van der Waals surface area contributed by atoms with Crippen LogP contribution in [0, 0.1) is 5.41 Å². The first-order valence-electron chi connectivity index (χ1n) is 8.46. The maximum Gasteiger partial charge on any atom is 0.256 e. The third-order valence-electron chi connectivity index (χ3n) is 5.20. The third-order valence-corrected chi connectivity index (χ3v) is 5.20. The first-order valence-corrected chi connectivity index (χ1v) is 8.46. The highest BCUT2D eigenvalue weighted by Crippen LogP contribution is 2.48. The topological polar surface area (TPSA) is 73.2 Å². The Morgan fingerprint density at radius 1 is 1.27 bits per heavy atom. The molecule has 6 heteroatoms. The summed E-state index contributed by atoms with van der Waals surface area (Å²) in [5.74, 6) is -0.358. The van der Waals surface area contributed by atoms with Crippen molar-refractivity contribution in [3.8, 4) is 0 Å². The van der Waals surface area contributed by atoms with E-state index in [2.05, 4.69) is 4.99 Å². The number of aliphatic imine (C=N–C) groups is 1. The van der Waals surface area contributed by atoms with Gasteiger partial charge in [0.2, 0.25) is 0 Å². The Labute approximate surface area is 151 Å². The molecule has 1 amide bonds. The van der Waals surface area contributed by atoms with Crippen molar-refractivity contribution in [1.29, 1.82) is 0 Å². The van der Waals surface area contributed by atoms with Crippen molar-refractivity contribution in [3.05, 3.63) is 71.6 Å². The number of fused-ring (bicyclic) bond motifs is 1. The molecule has 2 heterocycles. The van der Waals surface area contributed by atoms with Gasteiger partial charge in [0.1, 0.15) is 13.4 Å². The molecule has 132 valence electrons. The van der Waals surface area contributed by atoms with E-state index < -0.39 is 18.2 Å². The second-order valence-corrected chi connectivity index (χ2v) is 6.71. The van der Waals surface area contributed by atoms with Crippen LogP contribution >= 0.6 is 0 Å². The van der Waals surface area contributed by atoms with Crippen molar-refractivity contribution in [3.63, 3.8) is 0 Å². The zero-order valence-electron chi connectivity index (χ0n) is 14.4. The maximum absolute atomic E-state index is 13.4. The number of benzene rings is 1. The fourth-order valence-corrected chi connectivity index (χ4v) is 3.91. The lowest BCUT2D eigenvalue weighted by atomic mass is 9.72. The fourth-order valence-electron chi connectivity index (χ4n) is 3.91. The molecule has 6 nitrogen and oxygen atoms in total. The van der Waals surface area contributed by atoms with E-state index in [9.17, 15) is 14.7 Å². The summed E-state index contributed by atoms with van der Waals surface area (Å²) in [6.07, 6.45) is 10.7. The van der Waals surface area contributed by atoms with Gasteiger partial charge in [0.25, 0.3) is 5.91 Å². The molecule has 0 aromatic heterocycles. The van der Waals surface area contributed by atoms with E-state index in [-0.39, 0.29) is 11.7 Å². The van der Waals surface area contributed by atoms with E-state index in [0.29, 0.717) is 17.9 Å². The van der Waals surface area contributed by atoms with Crippen LogP contribution < -0.4 is 0 Å². The number of carbonyl (C=O) groups is 2. The molecule has 0 bridgehead atoms. The summed E-state index contributed by atoms with van der Waals surface area (Å²) < 4.78 is 0. The zero-order chi connectivity index (χ0) is 18.3. The molecule has 0 saturated heterocycles. The van der Waals surface area contributed by atoms with E-state index in [4.69, 9.17) is 0 Å². The van der Waals surface area contributed by atoms with Gasteiger partial charge in [-0.3, -0.25) is 14.6 Å². The van der Waals surface area contributed by atoms with Crippen LogP contribution in [0.15, 0.2) is 65.5 Å². The zero-order valence-corrected chi connectivity index (χ0v) is 14.4. The van der Waals surface area contributed by atoms with Crippen molar-refractivity contribution < 1.29 is 14.7 Å². The van der Waals surface area contributed by atoms with Crippen LogP contribution in [-0.2, 0) is 4.79 Å². The van der Waals surface area contributed by atoms with Crippen molar-refractivity contribution in [2.45, 2.75) is 13.0 Å². The van der Waals surface area contributed by atoms with Gasteiger partial charge in [0.15, 0.2) is 5.78 Å². The summed E-state index contributed by atoms with van der Waals surface area (Å²) in [7, 11) is 0. The first kappa shape index (κ1) is 16.5. The van der Waals surface area contributed by atoms with Gasteiger partial charge in [-0.25, -0.2) is 0 Å². The van der Waals surface area contributed by atoms with Crippen molar-refractivity contribution in [2.75, 3.05) is 13.4 Å².